The molecule has 1 aromatic carbocycles. The summed E-state index contributed by atoms with van der Waals surface area (Å²) in [6.07, 6.45) is 6.68. The predicted molar refractivity (Wildman–Crippen MR) is 90.1 cm³/mol. The van der Waals surface area contributed by atoms with E-state index in [4.69, 9.17) is 0 Å². The fourth-order valence-electron chi connectivity index (χ4n) is 4.11. The van der Waals surface area contributed by atoms with E-state index in [1.54, 1.807) is 6.20 Å². The van der Waals surface area contributed by atoms with Crippen LogP contribution in [0.4, 0.5) is 0 Å². The number of nitrogens with zero attached hydrogens (tertiary/aromatic N) is 1. The Morgan fingerprint density at radius 2 is 2.09 bits per heavy atom. The first-order valence-corrected chi connectivity index (χ1v) is 8.53. The molecule has 3 heteroatoms. The Morgan fingerprint density at radius 1 is 1.22 bits per heavy atom. The minimum atomic E-state index is 0.143. The number of pyridine rings is 1. The summed E-state index contributed by atoms with van der Waals surface area (Å²) in [5.41, 5.74) is 4.39. The van der Waals surface area contributed by atoms with Gasteiger partial charge in [0, 0.05) is 30.3 Å². The second-order valence-corrected chi connectivity index (χ2v) is 6.84. The monoisotopic (exact) mass is 306 g/mol. The molecule has 23 heavy (non-hydrogen) atoms. The average molecular weight is 306 g/mol. The molecule has 2 atom stereocenters. The van der Waals surface area contributed by atoms with Gasteiger partial charge in [0.05, 0.1) is 0 Å². The highest BCUT2D eigenvalue weighted by Crippen LogP contribution is 2.61. The summed E-state index contributed by atoms with van der Waals surface area (Å²) in [7, 11) is 0. The van der Waals surface area contributed by atoms with Crippen molar-refractivity contribution in [3.05, 3.63) is 65.5 Å². The smallest absolute Gasteiger partial charge is 0.220 e. The standard InChI is InChI=1S/C20H22N2O/c23-19(9-8-17-6-3-4-12-21-17)22-14-16-13-20(16)11-10-15-5-1-2-7-18(15)20/h1-7,12,16H,8-11,13-14H2,(H,22,23)/t16-,20-/m0/s1. The van der Waals surface area contributed by atoms with Crippen molar-refractivity contribution in [2.45, 2.75) is 37.5 Å². The first-order valence-electron chi connectivity index (χ1n) is 8.53. The van der Waals surface area contributed by atoms with Gasteiger partial charge in [0.15, 0.2) is 0 Å². The van der Waals surface area contributed by atoms with Crippen LogP contribution in [0.15, 0.2) is 48.7 Å². The number of carbonyl (C=O) groups excluding carboxylic acids is 1. The second-order valence-electron chi connectivity index (χ2n) is 6.84. The quantitative estimate of drug-likeness (QED) is 0.922. The molecule has 0 unspecified atom stereocenters. The van der Waals surface area contributed by atoms with Crippen LogP contribution >= 0.6 is 0 Å². The molecule has 3 nitrogen and oxygen atoms in total. The van der Waals surface area contributed by atoms with Crippen LogP contribution in [0.1, 0.15) is 36.1 Å². The van der Waals surface area contributed by atoms with E-state index in [1.807, 2.05) is 18.2 Å². The summed E-state index contributed by atoms with van der Waals surface area (Å²) in [6.45, 7) is 0.815. The van der Waals surface area contributed by atoms with Gasteiger partial charge in [0.2, 0.25) is 5.91 Å². The van der Waals surface area contributed by atoms with Gasteiger partial charge in [-0.2, -0.15) is 0 Å². The van der Waals surface area contributed by atoms with E-state index in [-0.39, 0.29) is 5.91 Å². The van der Waals surface area contributed by atoms with Gasteiger partial charge in [-0.15, -0.1) is 0 Å². The third kappa shape index (κ3) is 2.76. The lowest BCUT2D eigenvalue weighted by Crippen LogP contribution is -2.27. The molecular formula is C20H22N2O. The van der Waals surface area contributed by atoms with E-state index in [0.29, 0.717) is 24.2 Å². The summed E-state index contributed by atoms with van der Waals surface area (Å²) in [6, 6.07) is 14.7. The molecule has 1 heterocycles. The Kier molecular flexibility index (Phi) is 3.64. The minimum absolute atomic E-state index is 0.143. The Bertz CT molecular complexity index is 713. The molecule has 2 aromatic rings. The third-order valence-electron chi connectivity index (χ3n) is 5.51. The van der Waals surface area contributed by atoms with Crippen molar-refractivity contribution in [1.29, 1.82) is 0 Å². The van der Waals surface area contributed by atoms with Crippen LogP contribution in [-0.2, 0) is 23.1 Å². The molecule has 1 spiro atoms. The maximum atomic E-state index is 12.1. The lowest BCUT2D eigenvalue weighted by Gasteiger charge is -2.12. The summed E-state index contributed by atoms with van der Waals surface area (Å²) < 4.78 is 0. The highest BCUT2D eigenvalue weighted by Gasteiger charge is 2.57. The van der Waals surface area contributed by atoms with E-state index in [0.717, 1.165) is 12.2 Å². The zero-order chi connectivity index (χ0) is 15.7. The molecular weight excluding hydrogens is 284 g/mol. The number of nitrogens with one attached hydrogen (secondary N) is 1. The lowest BCUT2D eigenvalue weighted by molar-refractivity contribution is -0.121. The van der Waals surface area contributed by atoms with Gasteiger partial charge >= 0.3 is 0 Å². The number of amides is 1. The van der Waals surface area contributed by atoms with E-state index in [1.165, 1.54) is 30.4 Å². The number of aryl methyl sites for hydroxylation is 2. The lowest BCUT2D eigenvalue weighted by atomic mass is 9.95. The maximum absolute atomic E-state index is 12.1. The molecule has 0 aliphatic heterocycles. The van der Waals surface area contributed by atoms with Gasteiger partial charge in [0.25, 0.3) is 0 Å². The summed E-state index contributed by atoms with van der Waals surface area (Å²) in [5, 5.41) is 3.13. The molecule has 0 radical (unpaired) electrons. The molecule has 1 amide bonds. The largest absolute Gasteiger partial charge is 0.356 e. The minimum Gasteiger partial charge on any atom is -0.356 e. The molecule has 2 aliphatic rings. The number of hydrogen-bond donors (Lipinski definition) is 1. The van der Waals surface area contributed by atoms with Crippen LogP contribution in [-0.4, -0.2) is 17.4 Å². The first kappa shape index (κ1) is 14.4. The number of aromatic nitrogens is 1. The first-order chi connectivity index (χ1) is 11.3. The Balaban J connectivity index is 1.28. The zero-order valence-corrected chi connectivity index (χ0v) is 13.3. The highest BCUT2D eigenvalue weighted by atomic mass is 16.1. The molecule has 118 valence electrons. The molecule has 2 aliphatic carbocycles. The van der Waals surface area contributed by atoms with E-state index < -0.39 is 0 Å². The summed E-state index contributed by atoms with van der Waals surface area (Å²) >= 11 is 0. The van der Waals surface area contributed by atoms with Crippen LogP contribution in [0.25, 0.3) is 0 Å². The van der Waals surface area contributed by atoms with Crippen molar-refractivity contribution in [1.82, 2.24) is 10.3 Å². The molecule has 1 aromatic heterocycles. The van der Waals surface area contributed by atoms with Crippen molar-refractivity contribution in [2.24, 2.45) is 5.92 Å². The van der Waals surface area contributed by atoms with Gasteiger partial charge in [-0.25, -0.2) is 0 Å². The van der Waals surface area contributed by atoms with Gasteiger partial charge in [-0.3, -0.25) is 9.78 Å². The maximum Gasteiger partial charge on any atom is 0.220 e. The van der Waals surface area contributed by atoms with E-state index in [9.17, 15) is 4.79 Å². The van der Waals surface area contributed by atoms with Gasteiger partial charge in [0.1, 0.15) is 0 Å². The fourth-order valence-corrected chi connectivity index (χ4v) is 4.11. The number of fused-ring (bicyclic) bond motifs is 2. The Labute approximate surface area is 137 Å². The van der Waals surface area contributed by atoms with Gasteiger partial charge in [-0.1, -0.05) is 30.3 Å². The topological polar surface area (TPSA) is 42.0 Å². The van der Waals surface area contributed by atoms with Crippen molar-refractivity contribution >= 4 is 5.91 Å². The van der Waals surface area contributed by atoms with Crippen LogP contribution in [0.5, 0.6) is 0 Å². The normalized spacial score (nSPS) is 24.4. The van der Waals surface area contributed by atoms with Crippen molar-refractivity contribution in [2.75, 3.05) is 6.54 Å². The van der Waals surface area contributed by atoms with Crippen LogP contribution < -0.4 is 5.32 Å². The van der Waals surface area contributed by atoms with Crippen molar-refractivity contribution in [3.63, 3.8) is 0 Å². The molecule has 1 fully saturated rings. The molecule has 0 bridgehead atoms. The summed E-state index contributed by atoms with van der Waals surface area (Å²) in [4.78, 5) is 16.3. The second kappa shape index (κ2) is 5.80. The van der Waals surface area contributed by atoms with Crippen LogP contribution in [0.3, 0.4) is 0 Å². The van der Waals surface area contributed by atoms with Gasteiger partial charge in [-0.05, 0) is 54.9 Å². The van der Waals surface area contributed by atoms with Crippen molar-refractivity contribution in [3.8, 4) is 0 Å². The number of rotatable bonds is 5. The van der Waals surface area contributed by atoms with Crippen molar-refractivity contribution < 1.29 is 4.79 Å². The van der Waals surface area contributed by atoms with E-state index >= 15 is 0 Å². The number of benzene rings is 1. The van der Waals surface area contributed by atoms with E-state index in [2.05, 4.69) is 34.6 Å². The number of hydrogen-bond acceptors (Lipinski definition) is 2. The highest BCUT2D eigenvalue weighted by molar-refractivity contribution is 5.76. The van der Waals surface area contributed by atoms with Gasteiger partial charge < -0.3 is 5.32 Å². The molecule has 1 saturated carbocycles. The Hall–Kier alpha value is -2.16. The number of carbonyl (C=O) groups is 1. The summed E-state index contributed by atoms with van der Waals surface area (Å²) in [5.74, 6) is 0.758. The zero-order valence-electron chi connectivity index (χ0n) is 13.3. The van der Waals surface area contributed by atoms with Crippen LogP contribution in [0, 0.1) is 5.92 Å². The fraction of sp³-hybridized carbons (Fsp3) is 0.400. The average Bonchev–Trinajstić information content (AvgIpc) is 3.19. The SMILES string of the molecule is O=C(CCc1ccccn1)NC[C@@H]1C[C@@]12CCc1ccccc12. The predicted octanol–water partition coefficient (Wildman–Crippen LogP) is 3.03. The Morgan fingerprint density at radius 3 is 2.96 bits per heavy atom. The molecule has 0 saturated heterocycles. The molecule has 1 N–H and O–H groups in total. The third-order valence-corrected chi connectivity index (χ3v) is 5.51. The van der Waals surface area contributed by atoms with Crippen LogP contribution in [0.2, 0.25) is 0 Å². The molecule has 4 rings (SSSR count).